The van der Waals surface area contributed by atoms with Crippen LogP contribution in [0.1, 0.15) is 16.8 Å². The maximum Gasteiger partial charge on any atom is 0.211 e. The Morgan fingerprint density at radius 3 is 2.48 bits per heavy atom. The SMILES string of the molecule is CS(=O)(=O)N1CCN(CCC(=O)c2cccc(Br)c2)CC1. The molecule has 0 bridgehead atoms. The molecule has 1 saturated heterocycles. The average Bonchev–Trinajstić information content (AvgIpc) is 2.44. The normalized spacial score (nSPS) is 17.8. The van der Waals surface area contributed by atoms with Crippen LogP contribution in [0.25, 0.3) is 0 Å². The van der Waals surface area contributed by atoms with Gasteiger partial charge < -0.3 is 4.90 Å². The fourth-order valence-electron chi connectivity index (χ4n) is 2.35. The van der Waals surface area contributed by atoms with Crippen molar-refractivity contribution in [1.82, 2.24) is 9.21 Å². The molecule has 2 rings (SSSR count). The van der Waals surface area contributed by atoms with Crippen LogP contribution in [0.15, 0.2) is 28.7 Å². The van der Waals surface area contributed by atoms with E-state index in [1.165, 1.54) is 10.6 Å². The van der Waals surface area contributed by atoms with Crippen LogP contribution in [0.2, 0.25) is 0 Å². The molecule has 0 radical (unpaired) electrons. The Balaban J connectivity index is 1.81. The predicted octanol–water partition coefficient (Wildman–Crippen LogP) is 1.60. The number of ketones is 1. The van der Waals surface area contributed by atoms with E-state index in [-0.39, 0.29) is 5.78 Å². The summed E-state index contributed by atoms with van der Waals surface area (Å²) in [6, 6.07) is 7.38. The van der Waals surface area contributed by atoms with Gasteiger partial charge in [0.1, 0.15) is 0 Å². The number of Topliss-reactive ketones (excluding diaryl/α,β-unsaturated/α-hetero) is 1. The van der Waals surface area contributed by atoms with Gasteiger partial charge in [0.25, 0.3) is 0 Å². The van der Waals surface area contributed by atoms with Gasteiger partial charge >= 0.3 is 0 Å². The van der Waals surface area contributed by atoms with Crippen molar-refractivity contribution < 1.29 is 13.2 Å². The van der Waals surface area contributed by atoms with E-state index >= 15 is 0 Å². The molecule has 0 aromatic heterocycles. The second kappa shape index (κ2) is 7.00. The Morgan fingerprint density at radius 1 is 1.24 bits per heavy atom. The molecule has 0 spiro atoms. The lowest BCUT2D eigenvalue weighted by molar-refractivity contribution is 0.0952. The fourth-order valence-corrected chi connectivity index (χ4v) is 3.58. The maximum absolute atomic E-state index is 12.1. The predicted molar refractivity (Wildman–Crippen MR) is 85.9 cm³/mol. The quantitative estimate of drug-likeness (QED) is 0.734. The minimum atomic E-state index is -3.09. The van der Waals surface area contributed by atoms with Gasteiger partial charge in [-0.2, -0.15) is 4.31 Å². The summed E-state index contributed by atoms with van der Waals surface area (Å²) in [6.45, 7) is 3.04. The molecule has 0 atom stereocenters. The number of piperazine rings is 1. The first-order valence-corrected chi connectivity index (χ1v) is 9.46. The van der Waals surface area contributed by atoms with E-state index in [2.05, 4.69) is 20.8 Å². The summed E-state index contributed by atoms with van der Waals surface area (Å²) in [5.74, 6) is 0.113. The van der Waals surface area contributed by atoms with Crippen LogP contribution in [0.5, 0.6) is 0 Å². The van der Waals surface area contributed by atoms with Crippen LogP contribution in [0, 0.1) is 0 Å². The van der Waals surface area contributed by atoms with E-state index in [0.29, 0.717) is 44.7 Å². The summed E-state index contributed by atoms with van der Waals surface area (Å²) in [7, 11) is -3.09. The van der Waals surface area contributed by atoms with Crippen LogP contribution >= 0.6 is 15.9 Å². The summed E-state index contributed by atoms with van der Waals surface area (Å²) in [5.41, 5.74) is 0.708. The van der Waals surface area contributed by atoms with Crippen LogP contribution in [-0.4, -0.2) is 62.4 Å². The highest BCUT2D eigenvalue weighted by Gasteiger charge is 2.23. The standard InChI is InChI=1S/C14H19BrN2O3S/c1-21(19,20)17-9-7-16(8-10-17)6-5-14(18)12-3-2-4-13(15)11-12/h2-4,11H,5-10H2,1H3. The third kappa shape index (κ3) is 4.88. The number of carbonyl (C=O) groups excluding carboxylic acids is 1. The van der Waals surface area contributed by atoms with Crippen molar-refractivity contribution in [3.8, 4) is 0 Å². The smallest absolute Gasteiger partial charge is 0.211 e. The molecule has 1 aliphatic rings. The molecule has 0 amide bonds. The molecule has 1 aliphatic heterocycles. The van der Waals surface area contributed by atoms with E-state index in [1.807, 2.05) is 24.3 Å². The van der Waals surface area contributed by atoms with Gasteiger partial charge in [0.2, 0.25) is 10.0 Å². The van der Waals surface area contributed by atoms with Crippen molar-refractivity contribution >= 4 is 31.7 Å². The topological polar surface area (TPSA) is 57.7 Å². The zero-order valence-electron chi connectivity index (χ0n) is 12.0. The van der Waals surface area contributed by atoms with Crippen molar-refractivity contribution in [2.45, 2.75) is 6.42 Å². The second-order valence-electron chi connectivity index (χ2n) is 5.19. The van der Waals surface area contributed by atoms with Crippen molar-refractivity contribution in [2.75, 3.05) is 39.0 Å². The first-order chi connectivity index (χ1) is 9.86. The molecule has 0 unspecified atom stereocenters. The number of hydrogen-bond donors (Lipinski definition) is 0. The summed E-state index contributed by atoms with van der Waals surface area (Å²) in [6.07, 6.45) is 1.69. The number of halogens is 1. The van der Waals surface area contributed by atoms with Gasteiger partial charge in [0.05, 0.1) is 6.26 Å². The van der Waals surface area contributed by atoms with Gasteiger partial charge in [-0.3, -0.25) is 4.79 Å². The van der Waals surface area contributed by atoms with Crippen molar-refractivity contribution in [3.05, 3.63) is 34.3 Å². The minimum absolute atomic E-state index is 0.113. The molecule has 1 heterocycles. The maximum atomic E-state index is 12.1. The zero-order chi connectivity index (χ0) is 15.5. The van der Waals surface area contributed by atoms with Gasteiger partial charge in [-0.1, -0.05) is 28.1 Å². The van der Waals surface area contributed by atoms with E-state index in [0.717, 1.165) is 4.47 Å². The highest BCUT2D eigenvalue weighted by molar-refractivity contribution is 9.10. The Bertz CT molecular complexity index is 610. The Labute approximate surface area is 134 Å². The zero-order valence-corrected chi connectivity index (χ0v) is 14.4. The fraction of sp³-hybridized carbons (Fsp3) is 0.500. The molecule has 116 valence electrons. The Morgan fingerprint density at radius 2 is 1.90 bits per heavy atom. The molecule has 0 aliphatic carbocycles. The van der Waals surface area contributed by atoms with Crippen molar-refractivity contribution in [1.29, 1.82) is 0 Å². The number of rotatable bonds is 5. The molecule has 7 heteroatoms. The third-order valence-corrected chi connectivity index (χ3v) is 5.40. The summed E-state index contributed by atoms with van der Waals surface area (Å²) in [4.78, 5) is 14.2. The lowest BCUT2D eigenvalue weighted by atomic mass is 10.1. The van der Waals surface area contributed by atoms with E-state index in [9.17, 15) is 13.2 Å². The van der Waals surface area contributed by atoms with E-state index < -0.39 is 10.0 Å². The van der Waals surface area contributed by atoms with Gasteiger partial charge in [-0.25, -0.2) is 8.42 Å². The molecule has 1 aromatic rings. The molecular weight excluding hydrogens is 356 g/mol. The second-order valence-corrected chi connectivity index (χ2v) is 8.09. The largest absolute Gasteiger partial charge is 0.300 e. The highest BCUT2D eigenvalue weighted by Crippen LogP contribution is 2.14. The van der Waals surface area contributed by atoms with Crippen LogP contribution in [0.4, 0.5) is 0 Å². The van der Waals surface area contributed by atoms with Gasteiger partial charge in [0.15, 0.2) is 5.78 Å². The Hall–Kier alpha value is -0.760. The molecule has 5 nitrogen and oxygen atoms in total. The summed E-state index contributed by atoms with van der Waals surface area (Å²) in [5, 5.41) is 0. The average molecular weight is 375 g/mol. The van der Waals surface area contributed by atoms with Gasteiger partial charge in [-0.15, -0.1) is 0 Å². The molecule has 1 aromatic carbocycles. The molecule has 0 N–H and O–H groups in total. The monoisotopic (exact) mass is 374 g/mol. The summed E-state index contributed by atoms with van der Waals surface area (Å²) >= 11 is 3.36. The molecule has 0 saturated carbocycles. The van der Waals surface area contributed by atoms with E-state index in [1.54, 1.807) is 0 Å². The summed E-state index contributed by atoms with van der Waals surface area (Å²) < 4.78 is 25.2. The van der Waals surface area contributed by atoms with Crippen LogP contribution in [0.3, 0.4) is 0 Å². The van der Waals surface area contributed by atoms with Crippen molar-refractivity contribution in [3.63, 3.8) is 0 Å². The molecular formula is C14H19BrN2O3S. The first kappa shape index (κ1) is 16.6. The van der Waals surface area contributed by atoms with Gasteiger partial charge in [-0.05, 0) is 12.1 Å². The Kier molecular flexibility index (Phi) is 5.54. The molecule has 1 fully saturated rings. The number of benzene rings is 1. The number of sulfonamides is 1. The number of nitrogens with zero attached hydrogens (tertiary/aromatic N) is 2. The first-order valence-electron chi connectivity index (χ1n) is 6.82. The third-order valence-electron chi connectivity index (χ3n) is 3.60. The minimum Gasteiger partial charge on any atom is -0.300 e. The molecule has 21 heavy (non-hydrogen) atoms. The van der Waals surface area contributed by atoms with Crippen LogP contribution < -0.4 is 0 Å². The van der Waals surface area contributed by atoms with Gasteiger partial charge in [0, 0.05) is 49.2 Å². The van der Waals surface area contributed by atoms with Crippen LogP contribution in [-0.2, 0) is 10.0 Å². The van der Waals surface area contributed by atoms with E-state index in [4.69, 9.17) is 0 Å². The number of hydrogen-bond acceptors (Lipinski definition) is 4. The highest BCUT2D eigenvalue weighted by atomic mass is 79.9. The number of carbonyl (C=O) groups is 1. The lowest BCUT2D eigenvalue weighted by Gasteiger charge is -2.33. The lowest BCUT2D eigenvalue weighted by Crippen LogP contribution is -2.48. The van der Waals surface area contributed by atoms with Crippen molar-refractivity contribution in [2.24, 2.45) is 0 Å².